The summed E-state index contributed by atoms with van der Waals surface area (Å²) < 4.78 is 10.5. The summed E-state index contributed by atoms with van der Waals surface area (Å²) in [5.74, 6) is 1.34. The standard InChI is InChI=1S/C22H24N2O4/c1-22-11-4-3-8-17(22)19(22)20(25)24-23-13-16-9-10-18(28-16)14-6-5-7-15(12-14)21(26)27-2/h5-7,9-10,12-13,17,19H,3-4,8,11H2,1-2H3,(H,24,25). The van der Waals surface area contributed by atoms with Crippen LogP contribution in [0.5, 0.6) is 0 Å². The molecule has 28 heavy (non-hydrogen) atoms. The van der Waals surface area contributed by atoms with Crippen LogP contribution in [0.15, 0.2) is 45.9 Å². The number of benzene rings is 1. The van der Waals surface area contributed by atoms with Gasteiger partial charge in [0.05, 0.1) is 18.9 Å². The summed E-state index contributed by atoms with van der Waals surface area (Å²) in [4.78, 5) is 24.1. The summed E-state index contributed by atoms with van der Waals surface area (Å²) in [6, 6.07) is 10.6. The molecular weight excluding hydrogens is 356 g/mol. The quantitative estimate of drug-likeness (QED) is 0.483. The first-order valence-corrected chi connectivity index (χ1v) is 9.64. The molecule has 6 nitrogen and oxygen atoms in total. The van der Waals surface area contributed by atoms with E-state index in [-0.39, 0.29) is 17.2 Å². The fraction of sp³-hybridized carbons (Fsp3) is 0.409. The van der Waals surface area contributed by atoms with E-state index in [0.717, 1.165) is 18.4 Å². The summed E-state index contributed by atoms with van der Waals surface area (Å²) in [6.07, 6.45) is 6.21. The minimum Gasteiger partial charge on any atom is -0.465 e. The Balaban J connectivity index is 1.39. The Morgan fingerprint density at radius 3 is 2.89 bits per heavy atom. The van der Waals surface area contributed by atoms with Crippen LogP contribution in [-0.2, 0) is 9.53 Å². The number of fused-ring (bicyclic) bond motifs is 1. The van der Waals surface area contributed by atoms with Crippen molar-refractivity contribution in [2.24, 2.45) is 22.4 Å². The first kappa shape index (κ1) is 18.5. The third kappa shape index (κ3) is 3.35. The van der Waals surface area contributed by atoms with Gasteiger partial charge in [-0.1, -0.05) is 31.9 Å². The Morgan fingerprint density at radius 2 is 2.14 bits per heavy atom. The van der Waals surface area contributed by atoms with E-state index in [2.05, 4.69) is 17.5 Å². The number of amides is 1. The van der Waals surface area contributed by atoms with Crippen molar-refractivity contribution in [2.75, 3.05) is 7.11 Å². The van der Waals surface area contributed by atoms with Gasteiger partial charge in [0.15, 0.2) is 0 Å². The van der Waals surface area contributed by atoms with Gasteiger partial charge in [0.2, 0.25) is 5.91 Å². The molecule has 3 unspecified atom stereocenters. The number of furan rings is 1. The second-order valence-electron chi connectivity index (χ2n) is 7.84. The molecule has 1 aromatic heterocycles. The highest BCUT2D eigenvalue weighted by molar-refractivity contribution is 5.91. The molecule has 2 saturated carbocycles. The van der Waals surface area contributed by atoms with Crippen molar-refractivity contribution in [3.63, 3.8) is 0 Å². The van der Waals surface area contributed by atoms with Gasteiger partial charge in [-0.05, 0) is 48.4 Å². The van der Waals surface area contributed by atoms with Gasteiger partial charge in [-0.3, -0.25) is 4.79 Å². The van der Waals surface area contributed by atoms with Crippen LogP contribution in [0.4, 0.5) is 0 Å². The predicted molar refractivity (Wildman–Crippen MR) is 105 cm³/mol. The van der Waals surface area contributed by atoms with Gasteiger partial charge in [-0.25, -0.2) is 10.2 Å². The molecule has 146 valence electrons. The highest BCUT2D eigenvalue weighted by Gasteiger charge is 2.64. The average molecular weight is 380 g/mol. The predicted octanol–water partition coefficient (Wildman–Crippen LogP) is 4.01. The van der Waals surface area contributed by atoms with Gasteiger partial charge in [0.25, 0.3) is 0 Å². The van der Waals surface area contributed by atoms with E-state index in [1.54, 1.807) is 30.3 Å². The molecule has 1 aromatic carbocycles. The van der Waals surface area contributed by atoms with Gasteiger partial charge in [0, 0.05) is 11.5 Å². The Kier molecular flexibility index (Phi) is 4.79. The fourth-order valence-electron chi connectivity index (χ4n) is 4.57. The van der Waals surface area contributed by atoms with Gasteiger partial charge < -0.3 is 9.15 Å². The number of nitrogens with zero attached hydrogens (tertiary/aromatic N) is 1. The zero-order valence-electron chi connectivity index (χ0n) is 16.1. The molecule has 0 saturated heterocycles. The van der Waals surface area contributed by atoms with Crippen molar-refractivity contribution in [3.8, 4) is 11.3 Å². The summed E-state index contributed by atoms with van der Waals surface area (Å²) in [7, 11) is 1.35. The molecule has 0 aliphatic heterocycles. The second kappa shape index (κ2) is 7.26. The van der Waals surface area contributed by atoms with Gasteiger partial charge in [0.1, 0.15) is 11.5 Å². The van der Waals surface area contributed by atoms with E-state index in [0.29, 0.717) is 23.0 Å². The minimum atomic E-state index is -0.396. The molecule has 0 spiro atoms. The molecule has 2 aromatic rings. The van der Waals surface area contributed by atoms with Gasteiger partial charge >= 0.3 is 5.97 Å². The third-order valence-electron chi connectivity index (χ3n) is 6.18. The number of esters is 1. The van der Waals surface area contributed by atoms with Crippen LogP contribution in [-0.4, -0.2) is 25.2 Å². The average Bonchev–Trinajstić information content (AvgIpc) is 3.07. The zero-order valence-corrected chi connectivity index (χ0v) is 16.1. The Bertz CT molecular complexity index is 932. The van der Waals surface area contributed by atoms with E-state index >= 15 is 0 Å². The normalized spacial score (nSPS) is 25.9. The summed E-state index contributed by atoms with van der Waals surface area (Å²) in [5, 5.41) is 4.07. The van der Waals surface area contributed by atoms with Crippen LogP contribution >= 0.6 is 0 Å². The second-order valence-corrected chi connectivity index (χ2v) is 7.84. The third-order valence-corrected chi connectivity index (χ3v) is 6.18. The molecule has 2 aliphatic rings. The SMILES string of the molecule is COC(=O)c1cccc(-c2ccc(C=NNC(=O)C3C4CCCCC43C)o2)c1. The largest absolute Gasteiger partial charge is 0.465 e. The Morgan fingerprint density at radius 1 is 1.29 bits per heavy atom. The highest BCUT2D eigenvalue weighted by Crippen LogP contribution is 2.66. The number of hydrogen-bond acceptors (Lipinski definition) is 5. The van der Waals surface area contributed by atoms with E-state index < -0.39 is 5.97 Å². The van der Waals surface area contributed by atoms with E-state index in [4.69, 9.17) is 9.15 Å². The number of hydrazone groups is 1. The Labute approximate surface area is 164 Å². The maximum Gasteiger partial charge on any atom is 0.337 e. The van der Waals surface area contributed by atoms with Crippen LogP contribution in [0.1, 0.15) is 48.7 Å². The molecule has 2 aliphatic carbocycles. The lowest BCUT2D eigenvalue weighted by Crippen LogP contribution is -2.22. The smallest absolute Gasteiger partial charge is 0.337 e. The first-order valence-electron chi connectivity index (χ1n) is 9.64. The zero-order chi connectivity index (χ0) is 19.7. The molecule has 3 atom stereocenters. The van der Waals surface area contributed by atoms with Crippen LogP contribution in [0.2, 0.25) is 0 Å². The van der Waals surface area contributed by atoms with Crippen molar-refractivity contribution >= 4 is 18.1 Å². The lowest BCUT2D eigenvalue weighted by Gasteiger charge is -2.15. The number of hydrogen-bond donors (Lipinski definition) is 1. The lowest BCUT2D eigenvalue weighted by atomic mass is 9.90. The van der Waals surface area contributed by atoms with Crippen LogP contribution in [0.25, 0.3) is 11.3 Å². The molecule has 1 N–H and O–H groups in total. The molecule has 1 amide bonds. The van der Waals surface area contributed by atoms with Crippen LogP contribution in [0.3, 0.4) is 0 Å². The van der Waals surface area contributed by atoms with Crippen LogP contribution in [0, 0.1) is 17.3 Å². The summed E-state index contributed by atoms with van der Waals surface area (Å²) in [5.41, 5.74) is 4.05. The number of nitrogens with one attached hydrogen (secondary N) is 1. The fourth-order valence-corrected chi connectivity index (χ4v) is 4.57. The monoisotopic (exact) mass is 380 g/mol. The number of ether oxygens (including phenoxy) is 1. The maximum atomic E-state index is 12.4. The van der Waals surface area contributed by atoms with Gasteiger partial charge in [-0.2, -0.15) is 5.10 Å². The molecular formula is C22H24N2O4. The van der Waals surface area contributed by atoms with Gasteiger partial charge in [-0.15, -0.1) is 0 Å². The molecule has 6 heteroatoms. The number of rotatable bonds is 5. The Hall–Kier alpha value is -2.89. The summed E-state index contributed by atoms with van der Waals surface area (Å²) in [6.45, 7) is 2.21. The van der Waals surface area contributed by atoms with Crippen LogP contribution < -0.4 is 5.43 Å². The van der Waals surface area contributed by atoms with Crippen molar-refractivity contribution < 1.29 is 18.7 Å². The van der Waals surface area contributed by atoms with E-state index in [1.165, 1.54) is 26.2 Å². The molecule has 0 radical (unpaired) electrons. The first-order chi connectivity index (χ1) is 13.5. The molecule has 0 bridgehead atoms. The van der Waals surface area contributed by atoms with Crippen molar-refractivity contribution in [1.29, 1.82) is 0 Å². The van der Waals surface area contributed by atoms with E-state index in [9.17, 15) is 9.59 Å². The topological polar surface area (TPSA) is 80.9 Å². The molecule has 2 fully saturated rings. The summed E-state index contributed by atoms with van der Waals surface area (Å²) >= 11 is 0. The van der Waals surface area contributed by atoms with Crippen molar-refractivity contribution in [2.45, 2.75) is 32.6 Å². The number of carbonyl (C=O) groups is 2. The maximum absolute atomic E-state index is 12.4. The van der Waals surface area contributed by atoms with Crippen molar-refractivity contribution in [3.05, 3.63) is 47.7 Å². The minimum absolute atomic E-state index is 0.00297. The lowest BCUT2D eigenvalue weighted by molar-refractivity contribution is -0.123. The number of methoxy groups -OCH3 is 1. The van der Waals surface area contributed by atoms with E-state index in [1.807, 2.05) is 6.07 Å². The molecule has 1 heterocycles. The molecule has 4 rings (SSSR count). The number of carbonyl (C=O) groups excluding carboxylic acids is 2. The highest BCUT2D eigenvalue weighted by atomic mass is 16.5. The van der Waals surface area contributed by atoms with Crippen molar-refractivity contribution in [1.82, 2.24) is 5.43 Å².